The Balaban J connectivity index is 1.07. The minimum atomic E-state index is -0.0818. The molecule has 1 aliphatic carbocycles. The molecule has 0 fully saturated rings. The van der Waals surface area contributed by atoms with E-state index in [-0.39, 0.29) is 5.41 Å². The van der Waals surface area contributed by atoms with Crippen LogP contribution in [0.4, 0.5) is 0 Å². The zero-order valence-electron chi connectivity index (χ0n) is 30.0. The summed E-state index contributed by atoms with van der Waals surface area (Å²) >= 11 is 6.98. The summed E-state index contributed by atoms with van der Waals surface area (Å²) < 4.78 is 4.81. The minimum absolute atomic E-state index is 0.0818. The molecule has 11 rings (SSSR count). The molecule has 0 aliphatic heterocycles. The van der Waals surface area contributed by atoms with Crippen LogP contribution in [-0.4, -0.2) is 9.13 Å². The maximum Gasteiger partial charge on any atom is 0.0547 e. The lowest BCUT2D eigenvalue weighted by atomic mass is 9.82. The Morgan fingerprint density at radius 3 is 1.54 bits per heavy atom. The first-order chi connectivity index (χ1) is 26.4. The molecule has 1 aliphatic rings. The van der Waals surface area contributed by atoms with Gasteiger partial charge in [0.1, 0.15) is 0 Å². The first-order valence-corrected chi connectivity index (χ1v) is 19.0. The Bertz CT molecular complexity index is 3140. The number of rotatable bonds is 4. The summed E-state index contributed by atoms with van der Waals surface area (Å²) in [5.41, 5.74) is 16.8. The van der Waals surface area contributed by atoms with Crippen molar-refractivity contribution in [3.63, 3.8) is 0 Å². The summed E-state index contributed by atoms with van der Waals surface area (Å²) in [6, 6.07) is 64.0. The first-order valence-electron chi connectivity index (χ1n) is 18.6. The molecule has 10 aromatic rings. The summed E-state index contributed by atoms with van der Waals surface area (Å²) in [5.74, 6) is 0. The van der Waals surface area contributed by atoms with E-state index in [9.17, 15) is 0 Å². The van der Waals surface area contributed by atoms with Crippen LogP contribution < -0.4 is 0 Å². The molecule has 0 unspecified atom stereocenters. The fourth-order valence-electron chi connectivity index (χ4n) is 9.19. The molecule has 0 saturated carbocycles. The van der Waals surface area contributed by atoms with Crippen molar-refractivity contribution in [2.24, 2.45) is 0 Å². The van der Waals surface area contributed by atoms with Gasteiger partial charge in [0.2, 0.25) is 0 Å². The van der Waals surface area contributed by atoms with Crippen LogP contribution in [0.15, 0.2) is 176 Å². The third kappa shape index (κ3) is 4.54. The molecule has 0 spiro atoms. The summed E-state index contributed by atoms with van der Waals surface area (Å²) in [6.45, 7) is 4.70. The van der Waals surface area contributed by atoms with Gasteiger partial charge in [0.15, 0.2) is 0 Å². The number of hydrogen-bond acceptors (Lipinski definition) is 0. The van der Waals surface area contributed by atoms with E-state index < -0.39 is 0 Å². The number of nitrogens with zero attached hydrogens (tertiary/aromatic N) is 2. The molecule has 0 atom stereocenters. The molecule has 0 radical (unpaired) electrons. The molecule has 3 heteroatoms. The lowest BCUT2D eigenvalue weighted by Crippen LogP contribution is -2.15. The highest BCUT2D eigenvalue weighted by Gasteiger charge is 2.35. The number of benzene rings is 8. The largest absolute Gasteiger partial charge is 0.309 e. The van der Waals surface area contributed by atoms with Gasteiger partial charge < -0.3 is 9.13 Å². The van der Waals surface area contributed by atoms with Crippen molar-refractivity contribution in [2.45, 2.75) is 19.3 Å². The van der Waals surface area contributed by atoms with E-state index in [4.69, 9.17) is 11.6 Å². The highest BCUT2D eigenvalue weighted by atomic mass is 35.5. The lowest BCUT2D eigenvalue weighted by molar-refractivity contribution is 0.660. The van der Waals surface area contributed by atoms with Crippen molar-refractivity contribution in [1.29, 1.82) is 0 Å². The van der Waals surface area contributed by atoms with E-state index in [2.05, 4.69) is 199 Å². The third-order valence-corrected chi connectivity index (χ3v) is 12.0. The second-order valence-electron chi connectivity index (χ2n) is 15.1. The van der Waals surface area contributed by atoms with Crippen LogP contribution in [0.25, 0.3) is 88.4 Å². The molecule has 256 valence electrons. The average Bonchev–Trinajstić information content (AvgIpc) is 3.80. The van der Waals surface area contributed by atoms with Gasteiger partial charge >= 0.3 is 0 Å². The van der Waals surface area contributed by atoms with Crippen LogP contribution in [0.1, 0.15) is 25.0 Å². The van der Waals surface area contributed by atoms with E-state index in [0.717, 1.165) is 27.9 Å². The van der Waals surface area contributed by atoms with Crippen molar-refractivity contribution in [3.05, 3.63) is 192 Å². The Kier molecular flexibility index (Phi) is 6.69. The summed E-state index contributed by atoms with van der Waals surface area (Å²) in [4.78, 5) is 0. The molecule has 54 heavy (non-hydrogen) atoms. The molecule has 0 amide bonds. The highest BCUT2D eigenvalue weighted by molar-refractivity contribution is 6.31. The van der Waals surface area contributed by atoms with E-state index in [1.807, 2.05) is 0 Å². The number of aromatic nitrogens is 2. The van der Waals surface area contributed by atoms with Gasteiger partial charge in [-0.1, -0.05) is 135 Å². The van der Waals surface area contributed by atoms with Gasteiger partial charge in [0.25, 0.3) is 0 Å². The zero-order valence-corrected chi connectivity index (χ0v) is 30.8. The first kappa shape index (κ1) is 31.2. The summed E-state index contributed by atoms with van der Waals surface area (Å²) in [7, 11) is 0. The van der Waals surface area contributed by atoms with E-state index in [1.165, 1.54) is 71.6 Å². The van der Waals surface area contributed by atoms with Crippen molar-refractivity contribution in [3.8, 4) is 44.8 Å². The molecule has 2 heterocycles. The van der Waals surface area contributed by atoms with Crippen molar-refractivity contribution in [1.82, 2.24) is 9.13 Å². The Labute approximate surface area is 319 Å². The van der Waals surface area contributed by atoms with Gasteiger partial charge in [-0.25, -0.2) is 0 Å². The highest BCUT2D eigenvalue weighted by Crippen LogP contribution is 2.49. The molecular weight excluding hydrogens is 676 g/mol. The van der Waals surface area contributed by atoms with Crippen LogP contribution in [-0.2, 0) is 5.41 Å². The lowest BCUT2D eigenvalue weighted by Gasteiger charge is -2.22. The molecule has 0 N–H and O–H groups in total. The van der Waals surface area contributed by atoms with Gasteiger partial charge in [0, 0.05) is 43.4 Å². The van der Waals surface area contributed by atoms with Gasteiger partial charge in [-0.15, -0.1) is 0 Å². The van der Waals surface area contributed by atoms with E-state index in [1.54, 1.807) is 0 Å². The van der Waals surface area contributed by atoms with Gasteiger partial charge in [0.05, 0.1) is 22.1 Å². The maximum atomic E-state index is 6.98. The predicted molar refractivity (Wildman–Crippen MR) is 229 cm³/mol. The molecule has 2 nitrogen and oxygen atoms in total. The van der Waals surface area contributed by atoms with Gasteiger partial charge in [-0.2, -0.15) is 0 Å². The maximum absolute atomic E-state index is 6.98. The van der Waals surface area contributed by atoms with Gasteiger partial charge in [-0.05, 0) is 111 Å². The van der Waals surface area contributed by atoms with E-state index in [0.29, 0.717) is 5.02 Å². The molecule has 0 bridgehead atoms. The second-order valence-corrected chi connectivity index (χ2v) is 15.6. The normalized spacial score (nSPS) is 13.2. The van der Waals surface area contributed by atoms with Crippen LogP contribution >= 0.6 is 11.6 Å². The quantitative estimate of drug-likeness (QED) is 0.172. The van der Waals surface area contributed by atoms with Crippen molar-refractivity contribution < 1.29 is 0 Å². The van der Waals surface area contributed by atoms with Crippen LogP contribution in [0.3, 0.4) is 0 Å². The number of fused-ring (bicyclic) bond motifs is 9. The smallest absolute Gasteiger partial charge is 0.0547 e. The van der Waals surface area contributed by atoms with Crippen molar-refractivity contribution in [2.75, 3.05) is 0 Å². The summed E-state index contributed by atoms with van der Waals surface area (Å²) in [5, 5.41) is 5.68. The Morgan fingerprint density at radius 2 is 0.889 bits per heavy atom. The molecule has 0 saturated heterocycles. The standard InChI is InChI=1S/C51H35ClN2/c1-51(2)45-17-9-6-14-39(45)40-25-22-38(31-46(40)51)54-48-19-11-8-16-42(48)44-24-21-33(30-50(44)54)35-26-34(27-36(52)28-35)32-20-23-43-41-15-7-10-18-47(41)53(49(43)29-32)37-12-4-3-5-13-37/h3-31H,1-2H3. The van der Waals surface area contributed by atoms with Crippen molar-refractivity contribution >= 4 is 55.2 Å². The molecular formula is C51H35ClN2. The number of halogens is 1. The molecule has 2 aromatic heterocycles. The average molecular weight is 711 g/mol. The van der Waals surface area contributed by atoms with E-state index >= 15 is 0 Å². The Morgan fingerprint density at radius 1 is 0.370 bits per heavy atom. The minimum Gasteiger partial charge on any atom is -0.309 e. The number of hydrogen-bond donors (Lipinski definition) is 0. The fourth-order valence-corrected chi connectivity index (χ4v) is 9.42. The van der Waals surface area contributed by atoms with Crippen LogP contribution in [0, 0.1) is 0 Å². The topological polar surface area (TPSA) is 9.86 Å². The summed E-state index contributed by atoms with van der Waals surface area (Å²) in [6.07, 6.45) is 0. The van der Waals surface area contributed by atoms with Crippen LogP contribution in [0.2, 0.25) is 5.02 Å². The fraction of sp³-hybridized carbons (Fsp3) is 0.0588. The predicted octanol–water partition coefficient (Wildman–Crippen LogP) is 14.2. The SMILES string of the molecule is CC1(C)c2ccccc2-c2ccc(-n3c4ccccc4c4ccc(-c5cc(Cl)cc(-c6ccc7c8ccccc8n(-c8ccccc8)c7c6)c5)cc43)cc21. The zero-order chi connectivity index (χ0) is 36.1. The second kappa shape index (κ2) is 11.6. The van der Waals surface area contributed by atoms with Crippen LogP contribution in [0.5, 0.6) is 0 Å². The monoisotopic (exact) mass is 710 g/mol. The molecule has 8 aromatic carbocycles. The third-order valence-electron chi connectivity index (χ3n) is 11.8. The van der Waals surface area contributed by atoms with Gasteiger partial charge in [-0.3, -0.25) is 0 Å². The number of para-hydroxylation sites is 3. The Hall–Kier alpha value is -6.35.